The third-order valence-corrected chi connectivity index (χ3v) is 3.56. The van der Waals surface area contributed by atoms with E-state index in [1.807, 2.05) is 24.3 Å². The Morgan fingerprint density at radius 3 is 2.39 bits per heavy atom. The fraction of sp³-hybridized carbons (Fsp3) is 0.222. The Hall–Kier alpha value is -2.33. The van der Waals surface area contributed by atoms with Crippen molar-refractivity contribution in [1.29, 1.82) is 0 Å². The molecule has 120 valence electrons. The standard InChI is InChI=1S/C18H20ClN3O/c1-13(2)15-5-3-14(4-6-15)11-21-22-18(23)12-20-17-9-7-16(19)8-10-17/h3-11,13,20H,12H2,1-2H3,(H,22,23)/b21-11-. The van der Waals surface area contributed by atoms with Crippen molar-refractivity contribution in [2.45, 2.75) is 19.8 Å². The van der Waals surface area contributed by atoms with E-state index in [0.717, 1.165) is 11.3 Å². The topological polar surface area (TPSA) is 53.5 Å². The van der Waals surface area contributed by atoms with E-state index in [9.17, 15) is 4.79 Å². The zero-order chi connectivity index (χ0) is 16.7. The minimum Gasteiger partial charge on any atom is -0.376 e. The minimum absolute atomic E-state index is 0.144. The molecule has 23 heavy (non-hydrogen) atoms. The first-order valence-corrected chi connectivity index (χ1v) is 7.83. The molecular formula is C18H20ClN3O. The summed E-state index contributed by atoms with van der Waals surface area (Å²) in [6, 6.07) is 15.3. The number of hydrogen-bond donors (Lipinski definition) is 2. The van der Waals surface area contributed by atoms with Gasteiger partial charge in [0.1, 0.15) is 0 Å². The van der Waals surface area contributed by atoms with Gasteiger partial charge >= 0.3 is 0 Å². The molecular weight excluding hydrogens is 310 g/mol. The van der Waals surface area contributed by atoms with Crippen LogP contribution in [0.25, 0.3) is 0 Å². The van der Waals surface area contributed by atoms with E-state index in [2.05, 4.69) is 41.8 Å². The summed E-state index contributed by atoms with van der Waals surface area (Å²) in [5, 5.41) is 7.61. The van der Waals surface area contributed by atoms with Gasteiger partial charge in [0.2, 0.25) is 0 Å². The Labute approximate surface area is 141 Å². The van der Waals surface area contributed by atoms with Crippen LogP contribution < -0.4 is 10.7 Å². The van der Waals surface area contributed by atoms with Gasteiger partial charge in [-0.05, 0) is 41.3 Å². The largest absolute Gasteiger partial charge is 0.376 e. The summed E-state index contributed by atoms with van der Waals surface area (Å²) in [6.45, 7) is 4.44. The van der Waals surface area contributed by atoms with Gasteiger partial charge in [0.15, 0.2) is 0 Å². The number of nitrogens with zero attached hydrogens (tertiary/aromatic N) is 1. The second kappa shape index (κ2) is 8.34. The van der Waals surface area contributed by atoms with Gasteiger partial charge in [0.25, 0.3) is 5.91 Å². The maximum absolute atomic E-state index is 11.7. The van der Waals surface area contributed by atoms with E-state index < -0.39 is 0 Å². The first-order valence-electron chi connectivity index (χ1n) is 7.46. The van der Waals surface area contributed by atoms with Crippen molar-refractivity contribution < 1.29 is 4.79 Å². The van der Waals surface area contributed by atoms with Crippen molar-refractivity contribution in [2.75, 3.05) is 11.9 Å². The zero-order valence-corrected chi connectivity index (χ0v) is 14.0. The van der Waals surface area contributed by atoms with Crippen LogP contribution in [-0.4, -0.2) is 18.7 Å². The van der Waals surface area contributed by atoms with Gasteiger partial charge in [-0.15, -0.1) is 0 Å². The van der Waals surface area contributed by atoms with Crippen LogP contribution in [0.3, 0.4) is 0 Å². The average molecular weight is 330 g/mol. The van der Waals surface area contributed by atoms with E-state index in [0.29, 0.717) is 10.9 Å². The van der Waals surface area contributed by atoms with Crippen LogP contribution in [0.5, 0.6) is 0 Å². The molecule has 0 heterocycles. The summed E-state index contributed by atoms with van der Waals surface area (Å²) < 4.78 is 0. The summed E-state index contributed by atoms with van der Waals surface area (Å²) in [5.41, 5.74) is 5.54. The molecule has 0 spiro atoms. The van der Waals surface area contributed by atoms with Crippen LogP contribution >= 0.6 is 11.6 Å². The molecule has 0 unspecified atom stereocenters. The fourth-order valence-electron chi connectivity index (χ4n) is 1.94. The van der Waals surface area contributed by atoms with Crippen LogP contribution in [-0.2, 0) is 4.79 Å². The first-order chi connectivity index (χ1) is 11.0. The SMILES string of the molecule is CC(C)c1ccc(/C=N\NC(=O)CNc2ccc(Cl)cc2)cc1. The number of carbonyl (C=O) groups excluding carboxylic acids is 1. The second-order valence-corrected chi connectivity index (χ2v) is 5.91. The number of halogens is 1. The van der Waals surface area contributed by atoms with Crippen molar-refractivity contribution >= 4 is 29.4 Å². The first kappa shape index (κ1) is 17.0. The van der Waals surface area contributed by atoms with Crippen LogP contribution in [0.2, 0.25) is 5.02 Å². The molecule has 0 saturated carbocycles. The van der Waals surface area contributed by atoms with Gasteiger partial charge < -0.3 is 5.32 Å². The van der Waals surface area contributed by atoms with E-state index in [4.69, 9.17) is 11.6 Å². The normalized spacial score (nSPS) is 11.0. The monoisotopic (exact) mass is 329 g/mol. The van der Waals surface area contributed by atoms with Gasteiger partial charge in [-0.25, -0.2) is 5.43 Å². The molecule has 2 rings (SSSR count). The average Bonchev–Trinajstić information content (AvgIpc) is 2.55. The highest BCUT2D eigenvalue weighted by Crippen LogP contribution is 2.14. The number of anilines is 1. The molecule has 0 atom stereocenters. The van der Waals surface area contributed by atoms with Gasteiger partial charge in [-0.3, -0.25) is 4.79 Å². The van der Waals surface area contributed by atoms with E-state index in [1.54, 1.807) is 18.3 Å². The number of carbonyl (C=O) groups is 1. The van der Waals surface area contributed by atoms with Crippen LogP contribution in [0, 0.1) is 0 Å². The van der Waals surface area contributed by atoms with Crippen molar-refractivity contribution in [1.82, 2.24) is 5.43 Å². The smallest absolute Gasteiger partial charge is 0.259 e. The number of hydrogen-bond acceptors (Lipinski definition) is 3. The summed E-state index contributed by atoms with van der Waals surface area (Å²) in [5.74, 6) is 0.287. The molecule has 0 saturated heterocycles. The van der Waals surface area contributed by atoms with Gasteiger partial charge in [-0.1, -0.05) is 49.7 Å². The highest BCUT2D eigenvalue weighted by molar-refractivity contribution is 6.30. The lowest BCUT2D eigenvalue weighted by molar-refractivity contribution is -0.119. The van der Waals surface area contributed by atoms with Crippen LogP contribution in [0.4, 0.5) is 5.69 Å². The van der Waals surface area contributed by atoms with E-state index in [1.165, 1.54) is 5.56 Å². The molecule has 2 aromatic rings. The van der Waals surface area contributed by atoms with Crippen molar-refractivity contribution in [3.63, 3.8) is 0 Å². The minimum atomic E-state index is -0.213. The van der Waals surface area contributed by atoms with E-state index >= 15 is 0 Å². The molecule has 0 fully saturated rings. The molecule has 0 aliphatic carbocycles. The van der Waals surface area contributed by atoms with Crippen molar-refractivity contribution in [3.8, 4) is 0 Å². The fourth-order valence-corrected chi connectivity index (χ4v) is 2.06. The molecule has 0 aliphatic heterocycles. The van der Waals surface area contributed by atoms with Gasteiger partial charge in [0.05, 0.1) is 12.8 Å². The molecule has 5 heteroatoms. The summed E-state index contributed by atoms with van der Waals surface area (Å²) in [6.07, 6.45) is 1.63. The lowest BCUT2D eigenvalue weighted by Gasteiger charge is -2.05. The second-order valence-electron chi connectivity index (χ2n) is 5.47. The third-order valence-electron chi connectivity index (χ3n) is 3.30. The molecule has 0 bridgehead atoms. The molecule has 4 nitrogen and oxygen atoms in total. The molecule has 0 aliphatic rings. The maximum atomic E-state index is 11.7. The Bertz CT molecular complexity index is 664. The Kier molecular flexibility index (Phi) is 6.18. The number of benzene rings is 2. The maximum Gasteiger partial charge on any atom is 0.259 e. The Morgan fingerprint density at radius 2 is 1.78 bits per heavy atom. The number of rotatable bonds is 6. The number of hydrazone groups is 1. The highest BCUT2D eigenvalue weighted by atomic mass is 35.5. The lowest BCUT2D eigenvalue weighted by atomic mass is 10.0. The predicted molar refractivity (Wildman–Crippen MR) is 96.2 cm³/mol. The summed E-state index contributed by atoms with van der Waals surface area (Å²) >= 11 is 5.80. The quantitative estimate of drug-likeness (QED) is 0.621. The van der Waals surface area contributed by atoms with E-state index in [-0.39, 0.29) is 12.5 Å². The van der Waals surface area contributed by atoms with Crippen LogP contribution in [0.1, 0.15) is 30.9 Å². The third kappa shape index (κ3) is 5.75. The number of amides is 1. The van der Waals surface area contributed by atoms with Gasteiger partial charge in [-0.2, -0.15) is 5.10 Å². The molecule has 2 aromatic carbocycles. The highest BCUT2D eigenvalue weighted by Gasteiger charge is 2.00. The van der Waals surface area contributed by atoms with Crippen molar-refractivity contribution in [3.05, 3.63) is 64.7 Å². The molecule has 1 amide bonds. The van der Waals surface area contributed by atoms with Crippen molar-refractivity contribution in [2.24, 2.45) is 5.10 Å². The molecule has 2 N–H and O–H groups in total. The summed E-state index contributed by atoms with van der Waals surface area (Å²) in [4.78, 5) is 11.7. The Morgan fingerprint density at radius 1 is 1.13 bits per heavy atom. The zero-order valence-electron chi connectivity index (χ0n) is 13.2. The molecule has 0 aromatic heterocycles. The molecule has 0 radical (unpaired) electrons. The number of nitrogens with one attached hydrogen (secondary N) is 2. The Balaban J connectivity index is 1.78. The summed E-state index contributed by atoms with van der Waals surface area (Å²) in [7, 11) is 0. The van der Waals surface area contributed by atoms with Gasteiger partial charge in [0, 0.05) is 10.7 Å². The van der Waals surface area contributed by atoms with Crippen LogP contribution in [0.15, 0.2) is 53.6 Å². The predicted octanol–water partition coefficient (Wildman–Crippen LogP) is 4.03. The lowest BCUT2D eigenvalue weighted by Crippen LogP contribution is -2.25.